The summed E-state index contributed by atoms with van der Waals surface area (Å²) in [6, 6.07) is 0. The Morgan fingerprint density at radius 1 is 0.583 bits per heavy atom. The van der Waals surface area contributed by atoms with Gasteiger partial charge in [-0.1, -0.05) is 118 Å². The summed E-state index contributed by atoms with van der Waals surface area (Å²) in [5.41, 5.74) is -2.00. The second-order valence-electron chi connectivity index (χ2n) is 12.0. The Hall–Kier alpha value is -2.30. The van der Waals surface area contributed by atoms with Gasteiger partial charge in [0.25, 0.3) is 20.2 Å². The molecule has 2 unspecified atom stereocenters. The van der Waals surface area contributed by atoms with Crippen molar-refractivity contribution in [2.24, 2.45) is 5.41 Å². The van der Waals surface area contributed by atoms with Crippen LogP contribution in [0.25, 0.3) is 0 Å². The van der Waals surface area contributed by atoms with Crippen LogP contribution in [0.2, 0.25) is 0 Å². The molecule has 0 radical (unpaired) electrons. The number of carbonyl (C=O) groups is 4. The number of carboxylic acid groups (broad SMARTS) is 2. The molecule has 2 atom stereocenters. The Bertz CT molecular complexity index is 1120. The SMILES string of the molecule is CCCCCCC(CCCCCC)(C(=O)O)C(C(=O)O)S(=O)(=O)O.CCCCCCOC(=O)CC(C(=O)OCCCCCC)S(=O)(=O)O. The molecule has 0 amide bonds. The Balaban J connectivity index is 0. The molecular weight excluding hydrogens is 672 g/mol. The molecule has 0 aliphatic carbocycles. The van der Waals surface area contributed by atoms with Crippen LogP contribution in [0.15, 0.2) is 0 Å². The van der Waals surface area contributed by atoms with Gasteiger partial charge in [-0.05, 0) is 25.7 Å². The minimum absolute atomic E-state index is 0.0664. The van der Waals surface area contributed by atoms with Crippen LogP contribution in [0.3, 0.4) is 0 Å². The fraction of sp³-hybridized carbons (Fsp3) is 0.875. The van der Waals surface area contributed by atoms with E-state index in [0.29, 0.717) is 38.5 Å². The molecule has 0 aliphatic rings. The highest BCUT2D eigenvalue weighted by Crippen LogP contribution is 2.39. The smallest absolute Gasteiger partial charge is 0.327 e. The minimum atomic E-state index is -5.03. The van der Waals surface area contributed by atoms with Crippen molar-refractivity contribution in [3.63, 3.8) is 0 Å². The highest BCUT2D eigenvalue weighted by atomic mass is 32.2. The molecule has 0 aromatic heterocycles. The average Bonchev–Trinajstić information content (AvgIpc) is 2.98. The Kier molecular flexibility index (Phi) is 26.5. The molecule has 48 heavy (non-hydrogen) atoms. The van der Waals surface area contributed by atoms with Crippen LogP contribution in [-0.4, -0.2) is 83.7 Å². The molecular formula is C32H60O14S2. The summed E-state index contributed by atoms with van der Waals surface area (Å²) in [6.45, 7) is 8.28. The van der Waals surface area contributed by atoms with E-state index < -0.39 is 66.4 Å². The standard InChI is InChI=1S/2C16H30O7S/c1-3-5-7-9-11-16(15(19)20,12-10-8-6-4-2)13(14(17)18)24(21,22)23;1-3-5-7-9-11-22-15(17)13-14(24(19,20)21)16(18)23-12-10-8-6-4-2/h13H,3-12H2,1-2H3,(H,17,18)(H,19,20)(H,21,22,23);14H,3-13H2,1-2H3,(H,19,20,21). The lowest BCUT2D eigenvalue weighted by Crippen LogP contribution is -2.51. The lowest BCUT2D eigenvalue weighted by molar-refractivity contribution is -0.156. The maximum absolute atomic E-state index is 11.9. The maximum Gasteiger partial charge on any atom is 0.327 e. The molecule has 0 heterocycles. The predicted octanol–water partition coefficient (Wildman–Crippen LogP) is 6.22. The summed E-state index contributed by atoms with van der Waals surface area (Å²) in [4.78, 5) is 46.8. The van der Waals surface area contributed by atoms with Crippen LogP contribution in [0.4, 0.5) is 0 Å². The average molecular weight is 733 g/mol. The quantitative estimate of drug-likeness (QED) is 0.0397. The number of esters is 2. The predicted molar refractivity (Wildman–Crippen MR) is 181 cm³/mol. The normalized spacial score (nSPS) is 13.1. The van der Waals surface area contributed by atoms with Gasteiger partial charge in [0.1, 0.15) is 0 Å². The molecule has 16 heteroatoms. The largest absolute Gasteiger partial charge is 0.481 e. The van der Waals surface area contributed by atoms with E-state index >= 15 is 0 Å². The first kappa shape index (κ1) is 47.8. The summed E-state index contributed by atoms with van der Waals surface area (Å²) in [5, 5.41) is 14.7. The molecule has 14 nitrogen and oxygen atoms in total. The van der Waals surface area contributed by atoms with E-state index in [4.69, 9.17) is 14.0 Å². The zero-order valence-corrected chi connectivity index (χ0v) is 30.8. The van der Waals surface area contributed by atoms with Gasteiger partial charge in [0.05, 0.1) is 25.0 Å². The second kappa shape index (κ2) is 26.6. The first-order valence-corrected chi connectivity index (χ1v) is 20.2. The Morgan fingerprint density at radius 3 is 1.31 bits per heavy atom. The van der Waals surface area contributed by atoms with Gasteiger partial charge < -0.3 is 19.7 Å². The van der Waals surface area contributed by atoms with Crippen LogP contribution in [-0.2, 0) is 48.9 Å². The van der Waals surface area contributed by atoms with Gasteiger partial charge in [0.2, 0.25) is 0 Å². The number of ether oxygens (including phenoxy) is 2. The number of unbranched alkanes of at least 4 members (excludes halogenated alkanes) is 12. The number of hydrogen-bond acceptors (Lipinski definition) is 10. The van der Waals surface area contributed by atoms with Crippen molar-refractivity contribution in [2.45, 2.75) is 160 Å². The van der Waals surface area contributed by atoms with Crippen molar-refractivity contribution in [3.8, 4) is 0 Å². The molecule has 0 aliphatic heterocycles. The molecule has 0 saturated carbocycles. The summed E-state index contributed by atoms with van der Waals surface area (Å²) >= 11 is 0. The topological polar surface area (TPSA) is 236 Å². The van der Waals surface area contributed by atoms with E-state index in [-0.39, 0.29) is 26.1 Å². The zero-order chi connectivity index (χ0) is 37.2. The number of rotatable bonds is 28. The Morgan fingerprint density at radius 2 is 0.979 bits per heavy atom. The van der Waals surface area contributed by atoms with E-state index in [1.54, 1.807) is 0 Å². The van der Waals surface area contributed by atoms with Crippen molar-refractivity contribution in [3.05, 3.63) is 0 Å². The van der Waals surface area contributed by atoms with Crippen molar-refractivity contribution in [2.75, 3.05) is 13.2 Å². The number of carboxylic acids is 2. The van der Waals surface area contributed by atoms with Gasteiger partial charge in [-0.25, -0.2) is 0 Å². The summed E-state index contributed by atoms with van der Waals surface area (Å²) in [6.07, 6.45) is 12.0. The lowest BCUT2D eigenvalue weighted by atomic mass is 9.74. The lowest BCUT2D eigenvalue weighted by Gasteiger charge is -2.33. The number of carbonyl (C=O) groups excluding carboxylic acids is 2. The first-order valence-electron chi connectivity index (χ1n) is 17.2. The fourth-order valence-corrected chi connectivity index (χ4v) is 6.95. The first-order chi connectivity index (χ1) is 22.5. The van der Waals surface area contributed by atoms with E-state index in [1.165, 1.54) is 0 Å². The second-order valence-corrected chi connectivity index (χ2v) is 15.1. The van der Waals surface area contributed by atoms with Crippen LogP contribution in [0.5, 0.6) is 0 Å². The molecule has 0 bridgehead atoms. The van der Waals surface area contributed by atoms with Crippen LogP contribution in [0.1, 0.15) is 150 Å². The van der Waals surface area contributed by atoms with E-state index in [0.717, 1.165) is 64.2 Å². The third-order valence-electron chi connectivity index (χ3n) is 7.88. The number of hydrogen-bond donors (Lipinski definition) is 4. The minimum Gasteiger partial charge on any atom is -0.481 e. The van der Waals surface area contributed by atoms with Gasteiger partial charge in [-0.2, -0.15) is 16.8 Å². The molecule has 0 aromatic rings. The van der Waals surface area contributed by atoms with Gasteiger partial charge in [0, 0.05) is 0 Å². The molecule has 0 fully saturated rings. The molecule has 0 spiro atoms. The highest BCUT2D eigenvalue weighted by Gasteiger charge is 2.55. The van der Waals surface area contributed by atoms with E-state index in [1.807, 2.05) is 20.8 Å². The van der Waals surface area contributed by atoms with Gasteiger partial charge in [0.15, 0.2) is 10.5 Å². The van der Waals surface area contributed by atoms with Gasteiger partial charge in [-0.3, -0.25) is 28.3 Å². The van der Waals surface area contributed by atoms with Crippen molar-refractivity contribution < 1.29 is 64.8 Å². The summed E-state index contributed by atoms with van der Waals surface area (Å²) < 4.78 is 74.1. The summed E-state index contributed by atoms with van der Waals surface area (Å²) in [7, 11) is -9.75. The monoisotopic (exact) mass is 732 g/mol. The van der Waals surface area contributed by atoms with Crippen molar-refractivity contribution in [1.29, 1.82) is 0 Å². The molecule has 0 rings (SSSR count). The highest BCUT2D eigenvalue weighted by molar-refractivity contribution is 7.87. The van der Waals surface area contributed by atoms with E-state index in [2.05, 4.69) is 6.92 Å². The fourth-order valence-electron chi connectivity index (χ4n) is 5.13. The number of aliphatic carboxylic acids is 2. The molecule has 284 valence electrons. The van der Waals surface area contributed by atoms with Gasteiger partial charge >= 0.3 is 23.9 Å². The van der Waals surface area contributed by atoms with Crippen LogP contribution in [0, 0.1) is 5.41 Å². The molecule has 4 N–H and O–H groups in total. The molecule has 0 saturated heterocycles. The zero-order valence-electron chi connectivity index (χ0n) is 29.2. The third-order valence-corrected chi connectivity index (χ3v) is 10.2. The Labute approximate surface area is 287 Å². The van der Waals surface area contributed by atoms with Crippen molar-refractivity contribution in [1.82, 2.24) is 0 Å². The summed E-state index contributed by atoms with van der Waals surface area (Å²) in [5.74, 6) is -5.24. The third kappa shape index (κ3) is 20.9. The maximum atomic E-state index is 11.9. The van der Waals surface area contributed by atoms with Crippen LogP contribution < -0.4 is 0 Å². The molecule has 0 aromatic carbocycles. The van der Waals surface area contributed by atoms with Crippen molar-refractivity contribution >= 4 is 44.1 Å². The van der Waals surface area contributed by atoms with Gasteiger partial charge in [-0.15, -0.1) is 0 Å². The van der Waals surface area contributed by atoms with Crippen LogP contribution >= 0.6 is 0 Å². The van der Waals surface area contributed by atoms with E-state index in [9.17, 15) is 50.8 Å².